The lowest BCUT2D eigenvalue weighted by atomic mass is 9.91. The molecule has 4 nitrogen and oxygen atoms in total. The van der Waals surface area contributed by atoms with Crippen LogP contribution in [-0.2, 0) is 4.74 Å². The molecular weight excluding hydrogens is 304 g/mol. The van der Waals surface area contributed by atoms with E-state index in [1.165, 1.54) is 0 Å². The fourth-order valence-electron chi connectivity index (χ4n) is 2.33. The molecule has 21 heavy (non-hydrogen) atoms. The Balaban J connectivity index is 2.19. The van der Waals surface area contributed by atoms with Crippen molar-refractivity contribution in [3.63, 3.8) is 0 Å². The summed E-state index contributed by atoms with van der Waals surface area (Å²) in [7, 11) is 0. The number of amides is 1. The number of halogens is 3. The molecule has 1 aromatic carbocycles. The molecule has 1 fully saturated rings. The third kappa shape index (κ3) is 4.28. The van der Waals surface area contributed by atoms with Crippen LogP contribution in [0.25, 0.3) is 0 Å². The molecule has 0 aromatic heterocycles. The first-order valence-electron chi connectivity index (χ1n) is 6.63. The average Bonchev–Trinajstić information content (AvgIpc) is 3.16. The number of ether oxygens (including phenoxy) is 1. The first-order chi connectivity index (χ1) is 9.88. The van der Waals surface area contributed by atoms with Gasteiger partial charge in [0.25, 0.3) is 0 Å². The Labute approximate surface area is 125 Å². The van der Waals surface area contributed by atoms with Crippen molar-refractivity contribution >= 4 is 17.7 Å². The van der Waals surface area contributed by atoms with Gasteiger partial charge >= 0.3 is 6.09 Å². The van der Waals surface area contributed by atoms with Gasteiger partial charge in [-0.2, -0.15) is 0 Å². The van der Waals surface area contributed by atoms with Gasteiger partial charge in [0, 0.05) is 10.9 Å². The number of nitrogens with two attached hydrogens (primary N) is 1. The van der Waals surface area contributed by atoms with Crippen molar-refractivity contribution in [1.82, 2.24) is 0 Å². The monoisotopic (exact) mass is 319 g/mol. The Bertz CT molecular complexity index is 514. The van der Waals surface area contributed by atoms with Crippen LogP contribution in [0.5, 0.6) is 0 Å². The first kappa shape index (κ1) is 16.0. The lowest BCUT2D eigenvalue weighted by Crippen LogP contribution is -2.25. The minimum atomic E-state index is -1.43. The van der Waals surface area contributed by atoms with E-state index in [9.17, 15) is 18.7 Å². The van der Waals surface area contributed by atoms with Gasteiger partial charge in [-0.1, -0.05) is 24.4 Å². The van der Waals surface area contributed by atoms with Crippen LogP contribution in [0.3, 0.4) is 0 Å². The van der Waals surface area contributed by atoms with Crippen LogP contribution in [0.1, 0.15) is 30.9 Å². The van der Waals surface area contributed by atoms with E-state index in [-0.39, 0.29) is 11.6 Å². The van der Waals surface area contributed by atoms with Gasteiger partial charge < -0.3 is 15.6 Å². The van der Waals surface area contributed by atoms with Gasteiger partial charge in [0.15, 0.2) is 0 Å². The van der Waals surface area contributed by atoms with Crippen LogP contribution >= 0.6 is 11.6 Å². The standard InChI is InChI=1S/C14H16ClF2NO3/c15-9-4-10(16)12(11(17)5-9)13(19)8(3-7-1-2-7)6-21-14(18)20/h4-5,7-8,13,19H,1-3,6H2,(H2,18,20). The Morgan fingerprint density at radius 1 is 1.43 bits per heavy atom. The van der Waals surface area contributed by atoms with E-state index in [1.807, 2.05) is 0 Å². The number of hydrogen-bond donors (Lipinski definition) is 2. The van der Waals surface area contributed by atoms with Gasteiger partial charge in [0.1, 0.15) is 11.6 Å². The fraction of sp³-hybridized carbons (Fsp3) is 0.500. The SMILES string of the molecule is NC(=O)OCC(CC1CC1)C(O)c1c(F)cc(Cl)cc1F. The zero-order valence-corrected chi connectivity index (χ0v) is 11.9. The summed E-state index contributed by atoms with van der Waals surface area (Å²) < 4.78 is 32.4. The Morgan fingerprint density at radius 3 is 2.48 bits per heavy atom. The average molecular weight is 320 g/mol. The molecule has 1 aromatic rings. The van der Waals surface area contributed by atoms with E-state index >= 15 is 0 Å². The van der Waals surface area contributed by atoms with Crippen molar-refractivity contribution in [2.24, 2.45) is 17.6 Å². The second-order valence-electron chi connectivity index (χ2n) is 5.30. The smallest absolute Gasteiger partial charge is 0.404 e. The van der Waals surface area contributed by atoms with Crippen LogP contribution in [-0.4, -0.2) is 17.8 Å². The summed E-state index contributed by atoms with van der Waals surface area (Å²) in [6, 6.07) is 1.87. The highest BCUT2D eigenvalue weighted by atomic mass is 35.5. The van der Waals surface area contributed by atoms with Crippen LogP contribution in [0, 0.1) is 23.5 Å². The van der Waals surface area contributed by atoms with Gasteiger partial charge in [-0.05, 0) is 24.5 Å². The molecule has 2 unspecified atom stereocenters. The first-order valence-corrected chi connectivity index (χ1v) is 7.01. The summed E-state index contributed by atoms with van der Waals surface area (Å²) in [6.07, 6.45) is 0.0782. The third-order valence-corrected chi connectivity index (χ3v) is 3.78. The highest BCUT2D eigenvalue weighted by Gasteiger charge is 2.33. The zero-order chi connectivity index (χ0) is 15.6. The zero-order valence-electron chi connectivity index (χ0n) is 11.2. The predicted octanol–water partition coefficient (Wildman–Crippen LogP) is 3.16. The molecule has 1 aliphatic carbocycles. The van der Waals surface area contributed by atoms with Gasteiger partial charge in [-0.25, -0.2) is 13.6 Å². The van der Waals surface area contributed by atoms with E-state index < -0.39 is 35.3 Å². The lowest BCUT2D eigenvalue weighted by Gasteiger charge is -2.23. The maximum Gasteiger partial charge on any atom is 0.404 e. The number of hydrogen-bond acceptors (Lipinski definition) is 3. The molecule has 2 atom stereocenters. The quantitative estimate of drug-likeness (QED) is 0.846. The van der Waals surface area contributed by atoms with Gasteiger partial charge in [0.05, 0.1) is 18.3 Å². The number of benzene rings is 1. The molecule has 0 bridgehead atoms. The fourth-order valence-corrected chi connectivity index (χ4v) is 2.52. The number of aliphatic hydroxyl groups is 1. The number of aliphatic hydroxyl groups excluding tert-OH is 1. The van der Waals surface area contributed by atoms with Crippen LogP contribution in [0.15, 0.2) is 12.1 Å². The van der Waals surface area contributed by atoms with Crippen molar-refractivity contribution in [3.8, 4) is 0 Å². The molecule has 0 spiro atoms. The third-order valence-electron chi connectivity index (χ3n) is 3.56. The topological polar surface area (TPSA) is 72.6 Å². The van der Waals surface area contributed by atoms with E-state index in [4.69, 9.17) is 17.3 Å². The molecule has 0 saturated heterocycles. The molecule has 0 aliphatic heterocycles. The molecule has 0 radical (unpaired) electrons. The molecule has 2 rings (SSSR count). The van der Waals surface area contributed by atoms with E-state index in [1.54, 1.807) is 0 Å². The van der Waals surface area contributed by atoms with Crippen LogP contribution < -0.4 is 5.73 Å². The highest BCUT2D eigenvalue weighted by molar-refractivity contribution is 6.30. The van der Waals surface area contributed by atoms with Gasteiger partial charge in [-0.15, -0.1) is 0 Å². The predicted molar refractivity (Wildman–Crippen MR) is 72.7 cm³/mol. The van der Waals surface area contributed by atoms with Crippen molar-refractivity contribution < 1.29 is 23.4 Å². The van der Waals surface area contributed by atoms with E-state index in [2.05, 4.69) is 4.74 Å². The highest BCUT2D eigenvalue weighted by Crippen LogP contribution is 2.40. The molecule has 3 N–H and O–H groups in total. The Hall–Kier alpha value is -1.40. The van der Waals surface area contributed by atoms with Crippen molar-refractivity contribution in [2.75, 3.05) is 6.61 Å². The lowest BCUT2D eigenvalue weighted by molar-refractivity contribution is 0.0440. The minimum Gasteiger partial charge on any atom is -0.449 e. The maximum absolute atomic E-state index is 13.9. The minimum absolute atomic E-state index is 0.0897. The van der Waals surface area contributed by atoms with Gasteiger partial charge in [0.2, 0.25) is 0 Å². The summed E-state index contributed by atoms with van der Waals surface area (Å²) in [5.74, 6) is -2.09. The number of primary amides is 1. The molecule has 0 heterocycles. The molecule has 7 heteroatoms. The van der Waals surface area contributed by atoms with E-state index in [0.29, 0.717) is 12.3 Å². The van der Waals surface area contributed by atoms with Crippen LogP contribution in [0.4, 0.5) is 13.6 Å². The summed E-state index contributed by atoms with van der Waals surface area (Å²) in [5.41, 5.74) is 4.44. The largest absolute Gasteiger partial charge is 0.449 e. The summed E-state index contributed by atoms with van der Waals surface area (Å²) >= 11 is 5.56. The summed E-state index contributed by atoms with van der Waals surface area (Å²) in [6.45, 7) is -0.186. The second kappa shape index (κ2) is 6.58. The molecular formula is C14H16ClF2NO3. The van der Waals surface area contributed by atoms with Crippen molar-refractivity contribution in [1.29, 1.82) is 0 Å². The van der Waals surface area contributed by atoms with Crippen molar-refractivity contribution in [3.05, 3.63) is 34.4 Å². The maximum atomic E-state index is 13.9. The Kier molecular flexibility index (Phi) is 5.00. The van der Waals surface area contributed by atoms with Gasteiger partial charge in [-0.3, -0.25) is 0 Å². The van der Waals surface area contributed by atoms with Crippen molar-refractivity contribution in [2.45, 2.75) is 25.4 Å². The summed E-state index contributed by atoms with van der Waals surface area (Å²) in [5, 5.41) is 10.2. The number of rotatable bonds is 6. The number of carbonyl (C=O) groups is 1. The van der Waals surface area contributed by atoms with Crippen LogP contribution in [0.2, 0.25) is 5.02 Å². The molecule has 1 amide bonds. The molecule has 1 aliphatic rings. The molecule has 1 saturated carbocycles. The Morgan fingerprint density at radius 2 is 2.00 bits per heavy atom. The molecule has 116 valence electrons. The summed E-state index contributed by atoms with van der Waals surface area (Å²) in [4.78, 5) is 10.7. The normalized spacial score (nSPS) is 17.3. The van der Waals surface area contributed by atoms with E-state index in [0.717, 1.165) is 25.0 Å². The second-order valence-corrected chi connectivity index (χ2v) is 5.73. The number of carbonyl (C=O) groups excluding carboxylic acids is 1.